The molecular formula is C16H16BFNO2Tl. The van der Waals surface area contributed by atoms with Gasteiger partial charge in [0.2, 0.25) is 0 Å². The normalized spacial score (nSPS) is 16.2. The Bertz CT molecular complexity index is 764. The van der Waals surface area contributed by atoms with Crippen LogP contribution in [0.4, 0.5) is 4.39 Å². The Hall–Kier alpha value is -0.793. The maximum absolute atomic E-state index is 14.1. The molecular weight excluding hydrogens is 472 g/mol. The third-order valence-electron chi connectivity index (χ3n) is 4.26. The van der Waals surface area contributed by atoms with Crippen molar-refractivity contribution in [3.8, 4) is 0 Å². The van der Waals surface area contributed by atoms with Gasteiger partial charge in [0.15, 0.2) is 0 Å². The van der Waals surface area contributed by atoms with Gasteiger partial charge in [-0.1, -0.05) is 0 Å². The van der Waals surface area contributed by atoms with Gasteiger partial charge in [0, 0.05) is 0 Å². The standard InChI is InChI=1S/C16H16BFNO2.Tl/c1-3-10-13(18)6-5-9-7-11-12(8-19-14(11)4-2)16(15(9)10)17(20)21;/h5-8,14,20-21H,2-4H2,1H3;. The zero-order chi connectivity index (χ0) is 15.9. The molecule has 0 fully saturated rings. The van der Waals surface area contributed by atoms with Crippen molar-refractivity contribution in [2.24, 2.45) is 4.99 Å². The zero-order valence-electron chi connectivity index (χ0n) is 12.4. The van der Waals surface area contributed by atoms with E-state index in [1.165, 1.54) is 10.0 Å². The van der Waals surface area contributed by atoms with Crippen molar-refractivity contribution in [3.63, 3.8) is 0 Å². The van der Waals surface area contributed by atoms with Crippen molar-refractivity contribution in [3.05, 3.63) is 40.7 Å². The van der Waals surface area contributed by atoms with Gasteiger partial charge in [0.1, 0.15) is 0 Å². The molecule has 22 heavy (non-hydrogen) atoms. The fraction of sp³-hybridized carbons (Fsp3) is 0.312. The van der Waals surface area contributed by atoms with Gasteiger partial charge in [-0.25, -0.2) is 0 Å². The van der Waals surface area contributed by atoms with E-state index in [-0.39, 0.29) is 11.9 Å². The van der Waals surface area contributed by atoms with Crippen LogP contribution in [-0.4, -0.2) is 49.1 Å². The second kappa shape index (κ2) is 6.37. The minimum absolute atomic E-state index is 0.0945. The third kappa shape index (κ3) is 2.53. The number of aliphatic imine (C=N–C) groups is 1. The number of aryl methyl sites for hydroxylation is 1. The molecule has 0 saturated carbocycles. The van der Waals surface area contributed by atoms with Crippen LogP contribution >= 0.6 is 0 Å². The Morgan fingerprint density at radius 1 is 1.36 bits per heavy atom. The number of hydrogen-bond donors (Lipinski definition) is 2. The van der Waals surface area contributed by atoms with E-state index in [1.807, 2.05) is 13.0 Å². The van der Waals surface area contributed by atoms with Gasteiger partial charge in [-0.3, -0.25) is 0 Å². The molecule has 0 bridgehead atoms. The monoisotopic (exact) mass is 489 g/mol. The summed E-state index contributed by atoms with van der Waals surface area (Å²) in [5, 5.41) is 21.3. The quantitative estimate of drug-likeness (QED) is 0.644. The molecule has 2 N–H and O–H groups in total. The first-order chi connectivity index (χ1) is 10.6. The average molecular weight is 489 g/mol. The van der Waals surface area contributed by atoms with E-state index in [9.17, 15) is 14.4 Å². The molecule has 1 atom stereocenters. The molecule has 1 aliphatic heterocycles. The molecule has 0 aliphatic carbocycles. The molecule has 0 saturated heterocycles. The summed E-state index contributed by atoms with van der Waals surface area (Å²) in [5.41, 5.74) is 2.71. The van der Waals surface area contributed by atoms with E-state index < -0.39 is 7.12 Å². The molecule has 6 heteroatoms. The average Bonchev–Trinajstić information content (AvgIpc) is 2.88. The van der Waals surface area contributed by atoms with E-state index in [2.05, 4.69) is 4.99 Å². The Kier molecular flexibility index (Phi) is 4.66. The number of benzene rings is 2. The minimum atomic E-state index is -1.63. The van der Waals surface area contributed by atoms with Crippen LogP contribution in [0, 0.1) is 5.82 Å². The number of fused-ring (bicyclic) bond motifs is 2. The molecule has 110 valence electrons. The second-order valence-electron chi connectivity index (χ2n) is 5.52. The summed E-state index contributed by atoms with van der Waals surface area (Å²) in [6.45, 7) is 1.87. The van der Waals surface area contributed by atoms with Crippen molar-refractivity contribution in [2.45, 2.75) is 29.8 Å². The summed E-state index contributed by atoms with van der Waals surface area (Å²) >= 11 is 0.924. The summed E-state index contributed by atoms with van der Waals surface area (Å²) in [6.07, 6.45) is 3.21. The molecule has 2 aromatic carbocycles. The van der Waals surface area contributed by atoms with Crippen LogP contribution in [0.1, 0.15) is 36.1 Å². The van der Waals surface area contributed by atoms with Crippen molar-refractivity contribution in [1.29, 1.82) is 0 Å². The number of nitrogens with zero attached hydrogens (tertiary/aromatic N) is 1. The van der Waals surface area contributed by atoms with Gasteiger partial charge in [0.05, 0.1) is 0 Å². The SMILES string of the molecule is CCc1c(F)ccc2cc3c(c(B(O)O)c12)C=NC3C[CH2][Tl]. The molecule has 3 rings (SSSR count). The first-order valence-electron chi connectivity index (χ1n) is 7.45. The summed E-state index contributed by atoms with van der Waals surface area (Å²) in [7, 11) is -1.63. The van der Waals surface area contributed by atoms with E-state index in [0.717, 1.165) is 48.7 Å². The van der Waals surface area contributed by atoms with E-state index >= 15 is 0 Å². The molecule has 0 amide bonds. The van der Waals surface area contributed by atoms with E-state index in [4.69, 9.17) is 0 Å². The van der Waals surface area contributed by atoms with E-state index in [0.29, 0.717) is 22.8 Å². The van der Waals surface area contributed by atoms with Crippen LogP contribution in [-0.2, 0) is 6.42 Å². The number of halogens is 1. The fourth-order valence-electron chi connectivity index (χ4n) is 3.28. The van der Waals surface area contributed by atoms with Crippen LogP contribution in [0.5, 0.6) is 0 Å². The van der Waals surface area contributed by atoms with Gasteiger partial charge >= 0.3 is 145 Å². The molecule has 0 spiro atoms. The Labute approximate surface area is 145 Å². The molecule has 1 aliphatic rings. The van der Waals surface area contributed by atoms with Gasteiger partial charge in [-0.15, -0.1) is 0 Å². The number of hydrogen-bond acceptors (Lipinski definition) is 3. The summed E-state index contributed by atoms with van der Waals surface area (Å²) in [6, 6.07) is 5.30. The Morgan fingerprint density at radius 2 is 2.14 bits per heavy atom. The predicted octanol–water partition coefficient (Wildman–Crippen LogP) is 1.67. The van der Waals surface area contributed by atoms with Crippen molar-refractivity contribution in [1.82, 2.24) is 0 Å². The zero-order valence-corrected chi connectivity index (χ0v) is 16.9. The van der Waals surface area contributed by atoms with Gasteiger partial charge in [0.25, 0.3) is 0 Å². The second-order valence-corrected chi connectivity index (χ2v) is 7.76. The van der Waals surface area contributed by atoms with Gasteiger partial charge in [-0.2, -0.15) is 0 Å². The molecule has 1 heterocycles. The molecule has 0 radical (unpaired) electrons. The van der Waals surface area contributed by atoms with Crippen LogP contribution < -0.4 is 5.46 Å². The van der Waals surface area contributed by atoms with Crippen LogP contribution in [0.3, 0.4) is 0 Å². The first kappa shape index (κ1) is 16.1. The van der Waals surface area contributed by atoms with E-state index in [1.54, 1.807) is 12.3 Å². The Morgan fingerprint density at radius 3 is 2.77 bits per heavy atom. The summed E-state index contributed by atoms with van der Waals surface area (Å²) in [5.74, 6) is -0.302. The topological polar surface area (TPSA) is 52.8 Å². The van der Waals surface area contributed by atoms with Crippen molar-refractivity contribution in [2.75, 3.05) is 0 Å². The summed E-state index contributed by atoms with van der Waals surface area (Å²) in [4.78, 5) is 4.52. The van der Waals surface area contributed by atoms with Crippen molar-refractivity contribution < 1.29 is 14.4 Å². The van der Waals surface area contributed by atoms with Crippen LogP contribution in [0.15, 0.2) is 23.2 Å². The molecule has 3 nitrogen and oxygen atoms in total. The summed E-state index contributed by atoms with van der Waals surface area (Å²) < 4.78 is 15.3. The molecule has 1 unspecified atom stereocenters. The molecule has 2 aromatic rings. The number of rotatable bonds is 4. The maximum atomic E-state index is 14.1. The van der Waals surface area contributed by atoms with Crippen LogP contribution in [0.25, 0.3) is 10.8 Å². The van der Waals surface area contributed by atoms with Crippen LogP contribution in [0.2, 0.25) is 3.98 Å². The Balaban J connectivity index is 2.37. The van der Waals surface area contributed by atoms with Gasteiger partial charge in [-0.05, 0) is 0 Å². The predicted molar refractivity (Wildman–Crippen MR) is 88.6 cm³/mol. The molecule has 0 aromatic heterocycles. The van der Waals surface area contributed by atoms with Gasteiger partial charge < -0.3 is 0 Å². The first-order valence-corrected chi connectivity index (χ1v) is 10.6. The fourth-order valence-corrected chi connectivity index (χ4v) is 4.51. The van der Waals surface area contributed by atoms with Crippen molar-refractivity contribution >= 4 is 55.3 Å². The third-order valence-corrected chi connectivity index (χ3v) is 5.56.